The average molecular weight is 461 g/mol. The lowest BCUT2D eigenvalue weighted by molar-refractivity contribution is -0.196. The quantitative estimate of drug-likeness (QED) is 0.263. The molecular formula is C24H38F2O6. The Labute approximate surface area is 190 Å². The van der Waals surface area contributed by atoms with Gasteiger partial charge < -0.3 is 14.2 Å². The van der Waals surface area contributed by atoms with Crippen molar-refractivity contribution in [3.63, 3.8) is 0 Å². The van der Waals surface area contributed by atoms with Gasteiger partial charge in [0, 0.05) is 11.1 Å². The predicted octanol–water partition coefficient (Wildman–Crippen LogP) is 5.69. The highest BCUT2D eigenvalue weighted by Crippen LogP contribution is 2.30. The first-order valence-electron chi connectivity index (χ1n) is 11.1. The van der Waals surface area contributed by atoms with Crippen LogP contribution in [0.4, 0.5) is 8.78 Å². The van der Waals surface area contributed by atoms with Crippen LogP contribution in [0, 0.1) is 0 Å². The second-order valence-corrected chi connectivity index (χ2v) is 8.31. The maximum atomic E-state index is 13.5. The highest BCUT2D eigenvalue weighted by Gasteiger charge is 2.50. The summed E-state index contributed by atoms with van der Waals surface area (Å²) in [6.07, 6.45) is 6.12. The fourth-order valence-corrected chi connectivity index (χ4v) is 3.07. The minimum Gasteiger partial charge on any atom is -0.461 e. The topological polar surface area (TPSA) is 78.9 Å². The molecule has 8 heteroatoms. The molecule has 184 valence electrons. The molecule has 0 heterocycles. The monoisotopic (exact) mass is 460 g/mol. The van der Waals surface area contributed by atoms with E-state index in [1.54, 1.807) is 6.92 Å². The van der Waals surface area contributed by atoms with Gasteiger partial charge >= 0.3 is 23.8 Å². The Morgan fingerprint density at radius 3 is 1.81 bits per heavy atom. The fourth-order valence-electron chi connectivity index (χ4n) is 3.07. The molecule has 1 fully saturated rings. The molecule has 1 unspecified atom stereocenters. The van der Waals surface area contributed by atoms with E-state index >= 15 is 0 Å². The van der Waals surface area contributed by atoms with Crippen molar-refractivity contribution in [2.75, 3.05) is 6.61 Å². The minimum atomic E-state index is -3.85. The first-order chi connectivity index (χ1) is 14.8. The van der Waals surface area contributed by atoms with Gasteiger partial charge in [0.2, 0.25) is 0 Å². The smallest absolute Gasteiger partial charge is 0.381 e. The lowest BCUT2D eigenvalue weighted by Crippen LogP contribution is -2.45. The third kappa shape index (κ3) is 10.4. The molecule has 1 aliphatic carbocycles. The largest absolute Gasteiger partial charge is 0.461 e. The van der Waals surface area contributed by atoms with Crippen molar-refractivity contribution in [3.8, 4) is 0 Å². The van der Waals surface area contributed by atoms with Crippen molar-refractivity contribution < 1.29 is 37.4 Å². The molecule has 0 bridgehead atoms. The number of esters is 3. The van der Waals surface area contributed by atoms with E-state index in [9.17, 15) is 23.2 Å². The van der Waals surface area contributed by atoms with Gasteiger partial charge in [-0.2, -0.15) is 8.78 Å². The summed E-state index contributed by atoms with van der Waals surface area (Å²) in [5.74, 6) is -6.74. The predicted molar refractivity (Wildman–Crippen MR) is 118 cm³/mol. The fraction of sp³-hybridized carbons (Fsp3) is 0.708. The van der Waals surface area contributed by atoms with Crippen LogP contribution in [-0.4, -0.2) is 42.1 Å². The van der Waals surface area contributed by atoms with Crippen molar-refractivity contribution in [2.24, 2.45) is 0 Å². The van der Waals surface area contributed by atoms with Crippen LogP contribution in [0.15, 0.2) is 24.3 Å². The molecule has 0 aliphatic heterocycles. The molecule has 32 heavy (non-hydrogen) atoms. The van der Waals surface area contributed by atoms with E-state index in [1.807, 2.05) is 0 Å². The Bertz CT molecular complexity index is 663. The molecule has 0 amide bonds. The Hall–Kier alpha value is -2.25. The lowest BCUT2D eigenvalue weighted by atomic mass is 9.88. The van der Waals surface area contributed by atoms with Gasteiger partial charge in [0.15, 0.2) is 6.10 Å². The third-order valence-corrected chi connectivity index (χ3v) is 5.02. The van der Waals surface area contributed by atoms with E-state index in [0.29, 0.717) is 5.57 Å². The summed E-state index contributed by atoms with van der Waals surface area (Å²) in [5.41, 5.74) is 0.234. The van der Waals surface area contributed by atoms with Gasteiger partial charge in [0.1, 0.15) is 5.60 Å². The molecule has 0 radical (unpaired) electrons. The Balaban J connectivity index is 0.000000604. The number of hydrogen-bond donors (Lipinski definition) is 0. The minimum absolute atomic E-state index is 0.0110. The molecule has 1 atom stereocenters. The number of carbonyl (C=O) groups excluding carboxylic acids is 3. The average Bonchev–Trinajstić information content (AvgIpc) is 2.69. The van der Waals surface area contributed by atoms with Crippen LogP contribution in [0.25, 0.3) is 0 Å². The SMILES string of the molecule is C=C(C)C(=O)OC(CC)C(F)(F)C(=O)OCC.C=C(C)C(=O)OC1(C)CCCCCCC1. The van der Waals surface area contributed by atoms with Crippen LogP contribution in [0.1, 0.15) is 86.0 Å². The Kier molecular flexibility index (Phi) is 13.0. The summed E-state index contributed by atoms with van der Waals surface area (Å²) in [7, 11) is 0. The van der Waals surface area contributed by atoms with Crippen molar-refractivity contribution in [1.82, 2.24) is 0 Å². The van der Waals surface area contributed by atoms with E-state index in [-0.39, 0.29) is 30.2 Å². The lowest BCUT2D eigenvalue weighted by Gasteiger charge is -2.31. The standard InChI is InChI=1S/C13H22O2.C11H16F2O4/c1-11(2)12(14)15-13(3)9-7-5-4-6-8-10-13;1-5-8(17-9(14)7(3)4)11(12,13)10(15)16-6-2/h1,4-10H2,2-3H3;8H,3,5-6H2,1-2,4H3. The molecule has 6 nitrogen and oxygen atoms in total. The van der Waals surface area contributed by atoms with E-state index in [0.717, 1.165) is 12.8 Å². The normalized spacial score (nSPS) is 16.7. The van der Waals surface area contributed by atoms with Gasteiger partial charge in [-0.15, -0.1) is 0 Å². The third-order valence-electron chi connectivity index (χ3n) is 5.02. The molecule has 0 aromatic heterocycles. The maximum absolute atomic E-state index is 13.5. The van der Waals surface area contributed by atoms with Gasteiger partial charge in [-0.05, 0) is 59.8 Å². The Morgan fingerprint density at radius 1 is 0.938 bits per heavy atom. The maximum Gasteiger partial charge on any atom is 0.381 e. The van der Waals surface area contributed by atoms with E-state index in [2.05, 4.69) is 29.6 Å². The van der Waals surface area contributed by atoms with Crippen LogP contribution < -0.4 is 0 Å². The number of ether oxygens (including phenoxy) is 3. The summed E-state index contributed by atoms with van der Waals surface area (Å²) in [4.78, 5) is 33.7. The number of halogens is 2. The van der Waals surface area contributed by atoms with Crippen LogP contribution in [-0.2, 0) is 28.6 Å². The molecule has 1 saturated carbocycles. The second kappa shape index (κ2) is 14.0. The van der Waals surface area contributed by atoms with Crippen LogP contribution in [0.5, 0.6) is 0 Å². The molecular weight excluding hydrogens is 422 g/mol. The highest BCUT2D eigenvalue weighted by atomic mass is 19.3. The van der Waals surface area contributed by atoms with Crippen molar-refractivity contribution in [3.05, 3.63) is 24.3 Å². The molecule has 0 aromatic carbocycles. The number of rotatable bonds is 8. The molecule has 0 saturated heterocycles. The zero-order valence-electron chi connectivity index (χ0n) is 20.1. The zero-order valence-corrected chi connectivity index (χ0v) is 20.1. The highest BCUT2D eigenvalue weighted by molar-refractivity contribution is 5.88. The van der Waals surface area contributed by atoms with E-state index in [4.69, 9.17) is 4.74 Å². The second-order valence-electron chi connectivity index (χ2n) is 8.31. The Morgan fingerprint density at radius 2 is 1.41 bits per heavy atom. The van der Waals surface area contributed by atoms with Crippen LogP contribution >= 0.6 is 0 Å². The summed E-state index contributed by atoms with van der Waals surface area (Å²) >= 11 is 0. The van der Waals surface area contributed by atoms with E-state index < -0.39 is 24.0 Å². The van der Waals surface area contributed by atoms with Gasteiger partial charge in [-0.25, -0.2) is 14.4 Å². The first-order valence-corrected chi connectivity index (χ1v) is 11.1. The van der Waals surface area contributed by atoms with Crippen molar-refractivity contribution in [2.45, 2.75) is 104 Å². The van der Waals surface area contributed by atoms with Crippen molar-refractivity contribution >= 4 is 17.9 Å². The van der Waals surface area contributed by atoms with E-state index in [1.165, 1.54) is 52.9 Å². The number of carbonyl (C=O) groups is 3. The number of hydrogen-bond acceptors (Lipinski definition) is 6. The van der Waals surface area contributed by atoms with Gasteiger partial charge in [-0.3, -0.25) is 0 Å². The van der Waals surface area contributed by atoms with Gasteiger partial charge in [-0.1, -0.05) is 39.3 Å². The molecule has 0 spiro atoms. The molecule has 1 rings (SSSR count). The summed E-state index contributed by atoms with van der Waals surface area (Å²) < 4.78 is 41.3. The van der Waals surface area contributed by atoms with Crippen LogP contribution in [0.3, 0.4) is 0 Å². The summed E-state index contributed by atoms with van der Waals surface area (Å²) in [5, 5.41) is 0. The van der Waals surface area contributed by atoms with Gasteiger partial charge in [0.25, 0.3) is 0 Å². The summed E-state index contributed by atoms with van der Waals surface area (Å²) in [6.45, 7) is 14.6. The van der Waals surface area contributed by atoms with Crippen LogP contribution in [0.2, 0.25) is 0 Å². The van der Waals surface area contributed by atoms with Crippen molar-refractivity contribution in [1.29, 1.82) is 0 Å². The zero-order chi connectivity index (χ0) is 24.9. The molecule has 0 aromatic rings. The summed E-state index contributed by atoms with van der Waals surface area (Å²) in [6, 6.07) is 0. The molecule has 1 aliphatic rings. The number of alkyl halides is 2. The van der Waals surface area contributed by atoms with Gasteiger partial charge in [0.05, 0.1) is 6.61 Å². The molecule has 0 N–H and O–H groups in total. The first kappa shape index (κ1) is 29.8.